The predicted molar refractivity (Wildman–Crippen MR) is 99.1 cm³/mol. The van der Waals surface area contributed by atoms with Crippen LogP contribution in [-0.4, -0.2) is 55.0 Å². The Bertz CT molecular complexity index is 617. The van der Waals surface area contributed by atoms with E-state index in [0.717, 1.165) is 30.6 Å². The summed E-state index contributed by atoms with van der Waals surface area (Å²) in [5.74, 6) is 0.545. The average molecular weight is 346 g/mol. The molecule has 1 saturated heterocycles. The Morgan fingerprint density at radius 1 is 1.36 bits per heavy atom. The predicted octanol–water partition coefficient (Wildman–Crippen LogP) is 1.89. The lowest BCUT2D eigenvalue weighted by molar-refractivity contribution is -0.130. The molecule has 25 heavy (non-hydrogen) atoms. The molecule has 0 saturated carbocycles. The lowest BCUT2D eigenvalue weighted by Crippen LogP contribution is -2.39. The van der Waals surface area contributed by atoms with Crippen molar-refractivity contribution in [2.75, 3.05) is 27.2 Å². The van der Waals surface area contributed by atoms with Gasteiger partial charge in [0.25, 0.3) is 0 Å². The number of primary amides is 1. The van der Waals surface area contributed by atoms with Crippen molar-refractivity contribution in [1.82, 2.24) is 15.1 Å². The van der Waals surface area contributed by atoms with Gasteiger partial charge in [-0.2, -0.15) is 0 Å². The van der Waals surface area contributed by atoms with Crippen LogP contribution in [0.15, 0.2) is 24.3 Å². The summed E-state index contributed by atoms with van der Waals surface area (Å²) in [6.45, 7) is 5.66. The Kier molecular flexibility index (Phi) is 6.42. The molecule has 1 aromatic carbocycles. The summed E-state index contributed by atoms with van der Waals surface area (Å²) < 4.78 is 0. The van der Waals surface area contributed by atoms with E-state index in [1.807, 2.05) is 36.1 Å². The number of carbonyl (C=O) groups is 2. The molecule has 3 N–H and O–H groups in total. The molecule has 6 nitrogen and oxygen atoms in total. The van der Waals surface area contributed by atoms with Crippen molar-refractivity contribution >= 4 is 11.9 Å². The Morgan fingerprint density at radius 2 is 2.08 bits per heavy atom. The second-order valence-corrected chi connectivity index (χ2v) is 7.18. The molecule has 3 amide bonds. The zero-order valence-electron chi connectivity index (χ0n) is 15.7. The zero-order valence-corrected chi connectivity index (χ0v) is 15.7. The van der Waals surface area contributed by atoms with Gasteiger partial charge in [-0.1, -0.05) is 43.2 Å². The molecule has 0 aromatic heterocycles. The monoisotopic (exact) mass is 346 g/mol. The first-order chi connectivity index (χ1) is 11.8. The van der Waals surface area contributed by atoms with Crippen molar-refractivity contribution in [3.63, 3.8) is 0 Å². The SMILES string of the molecule is CC[C@@H]1CN(C(=O)C[C@H](NC(N)=O)c2cccc(C)c2)C[C@@H]1N(C)C. The maximum atomic E-state index is 12.8. The largest absolute Gasteiger partial charge is 0.352 e. The van der Waals surface area contributed by atoms with Gasteiger partial charge in [0.1, 0.15) is 0 Å². The van der Waals surface area contributed by atoms with Gasteiger partial charge in [0.15, 0.2) is 0 Å². The van der Waals surface area contributed by atoms with Crippen LogP contribution in [-0.2, 0) is 4.79 Å². The van der Waals surface area contributed by atoms with Crippen LogP contribution in [0.3, 0.4) is 0 Å². The van der Waals surface area contributed by atoms with Crippen LogP contribution in [0.1, 0.15) is 36.9 Å². The summed E-state index contributed by atoms with van der Waals surface area (Å²) >= 11 is 0. The van der Waals surface area contributed by atoms with Gasteiger partial charge in [0.05, 0.1) is 12.5 Å². The summed E-state index contributed by atoms with van der Waals surface area (Å²) in [6.07, 6.45) is 1.27. The second kappa shape index (κ2) is 8.34. The van der Waals surface area contributed by atoms with Crippen LogP contribution in [0.2, 0.25) is 0 Å². The number of carbonyl (C=O) groups excluding carboxylic acids is 2. The highest BCUT2D eigenvalue weighted by Gasteiger charge is 2.36. The molecule has 0 spiro atoms. The van der Waals surface area contributed by atoms with Crippen LogP contribution in [0, 0.1) is 12.8 Å². The van der Waals surface area contributed by atoms with Crippen LogP contribution in [0.4, 0.5) is 4.79 Å². The van der Waals surface area contributed by atoms with E-state index in [-0.39, 0.29) is 12.3 Å². The number of hydrogen-bond donors (Lipinski definition) is 2. The third kappa shape index (κ3) is 4.95. The average Bonchev–Trinajstić information content (AvgIpc) is 2.98. The molecule has 1 aromatic rings. The fraction of sp³-hybridized carbons (Fsp3) is 0.579. The molecule has 1 aliphatic heterocycles. The van der Waals surface area contributed by atoms with Gasteiger partial charge in [-0.3, -0.25) is 4.79 Å². The Hall–Kier alpha value is -2.08. The molecular weight excluding hydrogens is 316 g/mol. The van der Waals surface area contributed by atoms with Crippen LogP contribution >= 0.6 is 0 Å². The van der Waals surface area contributed by atoms with E-state index in [0.29, 0.717) is 12.0 Å². The molecule has 1 aliphatic rings. The molecule has 0 unspecified atom stereocenters. The number of likely N-dealkylation sites (N-methyl/N-ethyl adjacent to an activating group) is 1. The summed E-state index contributed by atoms with van der Waals surface area (Å²) in [4.78, 5) is 28.3. The quantitative estimate of drug-likeness (QED) is 0.826. The van der Waals surface area contributed by atoms with Gasteiger partial charge in [0.2, 0.25) is 5.91 Å². The van der Waals surface area contributed by atoms with Gasteiger partial charge >= 0.3 is 6.03 Å². The lowest BCUT2D eigenvalue weighted by Gasteiger charge is -2.24. The minimum atomic E-state index is -0.613. The standard InChI is InChI=1S/C19H30N4O2/c1-5-14-11-23(12-17(14)22(3)4)18(24)10-16(21-19(20)25)15-8-6-7-13(2)9-15/h6-9,14,16-17H,5,10-12H2,1-4H3,(H3,20,21,25)/t14-,16+,17+/m1/s1. The number of aryl methyl sites for hydroxylation is 1. The van der Waals surface area contributed by atoms with Crippen molar-refractivity contribution in [2.45, 2.75) is 38.8 Å². The smallest absolute Gasteiger partial charge is 0.312 e. The number of rotatable bonds is 6. The van der Waals surface area contributed by atoms with Crippen LogP contribution in [0.25, 0.3) is 0 Å². The topological polar surface area (TPSA) is 78.7 Å². The zero-order chi connectivity index (χ0) is 18.6. The highest BCUT2D eigenvalue weighted by atomic mass is 16.2. The van der Waals surface area contributed by atoms with E-state index < -0.39 is 12.1 Å². The summed E-state index contributed by atoms with van der Waals surface area (Å²) in [6, 6.07) is 7.19. The first-order valence-corrected chi connectivity index (χ1v) is 8.88. The molecule has 2 rings (SSSR count). The fourth-order valence-corrected chi connectivity index (χ4v) is 3.66. The number of nitrogens with two attached hydrogens (primary N) is 1. The third-order valence-corrected chi connectivity index (χ3v) is 5.09. The third-order valence-electron chi connectivity index (χ3n) is 5.09. The van der Waals surface area contributed by atoms with E-state index in [2.05, 4.69) is 31.2 Å². The minimum absolute atomic E-state index is 0.0584. The maximum Gasteiger partial charge on any atom is 0.312 e. The van der Waals surface area contributed by atoms with Crippen molar-refractivity contribution in [3.8, 4) is 0 Å². The Morgan fingerprint density at radius 3 is 2.60 bits per heavy atom. The highest BCUT2D eigenvalue weighted by molar-refractivity contribution is 5.79. The number of hydrogen-bond acceptors (Lipinski definition) is 3. The van der Waals surface area contributed by atoms with E-state index in [1.54, 1.807) is 0 Å². The molecule has 0 radical (unpaired) electrons. The lowest BCUT2D eigenvalue weighted by atomic mass is 10.0. The summed E-state index contributed by atoms with van der Waals surface area (Å²) in [5, 5.41) is 2.72. The van der Waals surface area contributed by atoms with E-state index in [9.17, 15) is 9.59 Å². The number of urea groups is 1. The summed E-state index contributed by atoms with van der Waals surface area (Å²) in [5.41, 5.74) is 7.31. The maximum absolute atomic E-state index is 12.8. The van der Waals surface area contributed by atoms with Crippen molar-refractivity contribution in [1.29, 1.82) is 0 Å². The number of amides is 3. The molecular formula is C19H30N4O2. The summed E-state index contributed by atoms with van der Waals surface area (Å²) in [7, 11) is 4.12. The fourth-order valence-electron chi connectivity index (χ4n) is 3.66. The highest BCUT2D eigenvalue weighted by Crippen LogP contribution is 2.26. The Balaban J connectivity index is 2.11. The van der Waals surface area contributed by atoms with Gasteiger partial charge in [-0.05, 0) is 32.5 Å². The molecule has 6 heteroatoms. The van der Waals surface area contributed by atoms with Gasteiger partial charge in [0, 0.05) is 19.1 Å². The molecule has 0 bridgehead atoms. The Labute approximate surface area is 150 Å². The molecule has 1 fully saturated rings. The molecule has 0 aliphatic carbocycles. The first-order valence-electron chi connectivity index (χ1n) is 8.88. The minimum Gasteiger partial charge on any atom is -0.352 e. The number of nitrogens with zero attached hydrogens (tertiary/aromatic N) is 2. The number of nitrogens with one attached hydrogen (secondary N) is 1. The molecule has 3 atom stereocenters. The van der Waals surface area contributed by atoms with E-state index >= 15 is 0 Å². The molecule has 138 valence electrons. The number of likely N-dealkylation sites (tertiary alicyclic amines) is 1. The van der Waals surface area contributed by atoms with E-state index in [1.165, 1.54) is 0 Å². The number of benzene rings is 1. The van der Waals surface area contributed by atoms with Gasteiger partial charge in [-0.15, -0.1) is 0 Å². The van der Waals surface area contributed by atoms with Gasteiger partial charge in [-0.25, -0.2) is 4.79 Å². The normalized spacial score (nSPS) is 21.4. The van der Waals surface area contributed by atoms with Crippen molar-refractivity contribution in [2.24, 2.45) is 11.7 Å². The first kappa shape index (κ1) is 19.2. The van der Waals surface area contributed by atoms with Crippen LogP contribution in [0.5, 0.6) is 0 Å². The van der Waals surface area contributed by atoms with Gasteiger partial charge < -0.3 is 20.9 Å². The van der Waals surface area contributed by atoms with E-state index in [4.69, 9.17) is 5.73 Å². The van der Waals surface area contributed by atoms with Crippen molar-refractivity contribution < 1.29 is 9.59 Å². The van der Waals surface area contributed by atoms with Crippen LogP contribution < -0.4 is 11.1 Å². The second-order valence-electron chi connectivity index (χ2n) is 7.18. The molecule has 1 heterocycles. The van der Waals surface area contributed by atoms with Crippen molar-refractivity contribution in [3.05, 3.63) is 35.4 Å².